The second-order valence-electron chi connectivity index (χ2n) is 9.93. The Morgan fingerprint density at radius 2 is 1.69 bits per heavy atom. The first-order chi connectivity index (χ1) is 19.0. The third-order valence-electron chi connectivity index (χ3n) is 7.24. The fourth-order valence-corrected chi connectivity index (χ4v) is 5.13. The number of aryl methyl sites for hydroxylation is 1. The van der Waals surface area contributed by atoms with Gasteiger partial charge in [0, 0.05) is 24.8 Å². The number of hydrogen-bond donors (Lipinski definition) is 1. The zero-order valence-corrected chi connectivity index (χ0v) is 21.7. The molecule has 1 fully saturated rings. The number of nitrogens with one attached hydrogen (secondary N) is 1. The van der Waals surface area contributed by atoms with E-state index in [1.54, 1.807) is 10.9 Å². The number of benzene rings is 3. The van der Waals surface area contributed by atoms with Crippen LogP contribution in [0.2, 0.25) is 0 Å². The molecule has 0 aliphatic carbocycles. The molecule has 0 saturated carbocycles. The Hall–Kier alpha value is -4.79. The summed E-state index contributed by atoms with van der Waals surface area (Å²) in [6.07, 6.45) is 5.09. The number of hydrogen-bond acceptors (Lipinski definition) is 5. The van der Waals surface area contributed by atoms with Crippen LogP contribution in [0, 0.1) is 6.92 Å². The highest BCUT2D eigenvalue weighted by atomic mass is 16.2. The van der Waals surface area contributed by atoms with E-state index in [0.29, 0.717) is 18.8 Å². The monoisotopic (exact) mass is 519 g/mol. The van der Waals surface area contributed by atoms with Crippen LogP contribution < -0.4 is 5.32 Å². The molecule has 1 saturated heterocycles. The molecule has 0 bridgehead atoms. The van der Waals surface area contributed by atoms with E-state index in [4.69, 9.17) is 0 Å². The minimum atomic E-state index is -0.196. The molecule has 1 aliphatic heterocycles. The molecule has 5 aromatic rings. The molecule has 196 valence electrons. The maximum atomic E-state index is 13.5. The lowest BCUT2D eigenvalue weighted by Crippen LogP contribution is -2.39. The van der Waals surface area contributed by atoms with Gasteiger partial charge in [0.1, 0.15) is 12.1 Å². The van der Waals surface area contributed by atoms with Crippen molar-refractivity contribution in [1.29, 1.82) is 0 Å². The molecule has 0 radical (unpaired) electrons. The summed E-state index contributed by atoms with van der Waals surface area (Å²) in [6, 6.07) is 23.8. The molecule has 9 heteroatoms. The van der Waals surface area contributed by atoms with E-state index in [1.807, 2.05) is 64.3 Å². The maximum absolute atomic E-state index is 13.5. The minimum Gasteiger partial charge on any atom is -0.338 e. The van der Waals surface area contributed by atoms with Crippen molar-refractivity contribution < 1.29 is 9.59 Å². The Morgan fingerprint density at radius 1 is 0.949 bits per heavy atom. The Labute approximate surface area is 226 Å². The topological polar surface area (TPSA) is 97.9 Å². The number of rotatable bonds is 6. The summed E-state index contributed by atoms with van der Waals surface area (Å²) in [7, 11) is 0. The van der Waals surface area contributed by atoms with Gasteiger partial charge in [-0.3, -0.25) is 14.3 Å². The van der Waals surface area contributed by atoms with Crippen molar-refractivity contribution in [3.63, 3.8) is 0 Å². The van der Waals surface area contributed by atoms with E-state index >= 15 is 0 Å². The molecule has 3 heterocycles. The molecule has 1 aliphatic rings. The van der Waals surface area contributed by atoms with Crippen LogP contribution in [0.25, 0.3) is 22.2 Å². The third kappa shape index (κ3) is 5.16. The second-order valence-corrected chi connectivity index (χ2v) is 9.93. The normalized spacial score (nSPS) is 14.0. The molecular weight excluding hydrogens is 490 g/mol. The molecule has 39 heavy (non-hydrogen) atoms. The molecule has 0 unspecified atom stereocenters. The van der Waals surface area contributed by atoms with Gasteiger partial charge in [0.05, 0.1) is 23.4 Å². The lowest BCUT2D eigenvalue weighted by molar-refractivity contribution is -0.116. The number of piperidine rings is 1. The van der Waals surface area contributed by atoms with Crippen molar-refractivity contribution in [3.05, 3.63) is 96.3 Å². The van der Waals surface area contributed by atoms with E-state index in [1.165, 1.54) is 5.56 Å². The average molecular weight is 520 g/mol. The lowest BCUT2D eigenvalue weighted by Gasteiger charge is -2.32. The smallest absolute Gasteiger partial charge is 0.254 e. The largest absolute Gasteiger partial charge is 0.338 e. The number of anilines is 1. The highest BCUT2D eigenvalue weighted by molar-refractivity contribution is 6.01. The summed E-state index contributed by atoms with van der Waals surface area (Å²) >= 11 is 0. The van der Waals surface area contributed by atoms with Gasteiger partial charge < -0.3 is 10.2 Å². The predicted octanol–water partition coefficient (Wildman–Crippen LogP) is 4.72. The van der Waals surface area contributed by atoms with Crippen LogP contribution >= 0.6 is 0 Å². The summed E-state index contributed by atoms with van der Waals surface area (Å²) in [6.45, 7) is 3.41. The summed E-state index contributed by atoms with van der Waals surface area (Å²) in [5.41, 5.74) is 6.11. The van der Waals surface area contributed by atoms with Crippen LogP contribution in [0.4, 0.5) is 5.69 Å². The third-order valence-corrected chi connectivity index (χ3v) is 7.24. The molecule has 6 rings (SSSR count). The number of carbonyl (C=O) groups excluding carboxylic acids is 2. The zero-order valence-electron chi connectivity index (χ0n) is 21.7. The number of amides is 2. The molecule has 0 atom stereocenters. The number of nitrogens with zero attached hydrogens (tertiary/aromatic N) is 6. The molecule has 9 nitrogen and oxygen atoms in total. The van der Waals surface area contributed by atoms with Crippen LogP contribution in [0.1, 0.15) is 34.8 Å². The van der Waals surface area contributed by atoms with Crippen LogP contribution in [-0.4, -0.2) is 54.6 Å². The van der Waals surface area contributed by atoms with Crippen LogP contribution in [0.3, 0.4) is 0 Å². The number of aromatic nitrogens is 5. The molecule has 3 aromatic carbocycles. The van der Waals surface area contributed by atoms with E-state index < -0.39 is 0 Å². The van der Waals surface area contributed by atoms with Gasteiger partial charge in [-0.25, -0.2) is 4.68 Å². The molecule has 1 N–H and O–H groups in total. The summed E-state index contributed by atoms with van der Waals surface area (Å²) in [4.78, 5) is 28.0. The summed E-state index contributed by atoms with van der Waals surface area (Å²) in [5.74, 6) is -0.142. The standard InChI is InChI=1S/C30H29N7O2/c1-21-10-12-22(13-11-21)25-6-2-3-7-26(25)30(39)35-16-14-24(15-17-35)36-19-23(18-31-36)32-29(38)20-37-28-9-5-4-8-27(28)33-34-37/h2-13,18-19,24H,14-17,20H2,1H3,(H,32,38). The van der Waals surface area contributed by atoms with Gasteiger partial charge in [-0.1, -0.05) is 65.4 Å². The summed E-state index contributed by atoms with van der Waals surface area (Å²) < 4.78 is 3.47. The molecule has 2 amide bonds. The SMILES string of the molecule is Cc1ccc(-c2ccccc2C(=O)N2CCC(n3cc(NC(=O)Cn4nnc5ccccc54)cn3)CC2)cc1. The van der Waals surface area contributed by atoms with Crippen molar-refractivity contribution in [3.8, 4) is 11.1 Å². The van der Waals surface area contributed by atoms with Gasteiger partial charge in [0.2, 0.25) is 5.91 Å². The van der Waals surface area contributed by atoms with Crippen molar-refractivity contribution >= 4 is 28.5 Å². The molecule has 2 aromatic heterocycles. The Balaban J connectivity index is 1.07. The number of para-hydroxylation sites is 1. The fourth-order valence-electron chi connectivity index (χ4n) is 5.13. The van der Waals surface area contributed by atoms with Crippen molar-refractivity contribution in [2.45, 2.75) is 32.4 Å². The predicted molar refractivity (Wildman–Crippen MR) is 149 cm³/mol. The van der Waals surface area contributed by atoms with Gasteiger partial charge in [-0.05, 0) is 49.1 Å². The lowest BCUT2D eigenvalue weighted by atomic mass is 9.97. The fraction of sp³-hybridized carbons (Fsp3) is 0.233. The number of likely N-dealkylation sites (tertiary alicyclic amines) is 1. The van der Waals surface area contributed by atoms with Gasteiger partial charge in [-0.15, -0.1) is 5.10 Å². The Bertz CT molecular complexity index is 1630. The van der Waals surface area contributed by atoms with E-state index in [0.717, 1.165) is 40.6 Å². The highest BCUT2D eigenvalue weighted by Crippen LogP contribution is 2.28. The Kier molecular flexibility index (Phi) is 6.62. The quantitative estimate of drug-likeness (QED) is 0.350. The van der Waals surface area contributed by atoms with Gasteiger partial charge >= 0.3 is 0 Å². The van der Waals surface area contributed by atoms with Crippen LogP contribution in [0.5, 0.6) is 0 Å². The first kappa shape index (κ1) is 24.5. The van der Waals surface area contributed by atoms with Crippen molar-refractivity contribution in [2.24, 2.45) is 0 Å². The van der Waals surface area contributed by atoms with Gasteiger partial charge in [0.25, 0.3) is 5.91 Å². The average Bonchev–Trinajstić information content (AvgIpc) is 3.60. The van der Waals surface area contributed by atoms with E-state index in [9.17, 15) is 9.59 Å². The van der Waals surface area contributed by atoms with Crippen molar-refractivity contribution in [1.82, 2.24) is 29.7 Å². The highest BCUT2D eigenvalue weighted by Gasteiger charge is 2.26. The van der Waals surface area contributed by atoms with E-state index in [2.05, 4.69) is 51.9 Å². The van der Waals surface area contributed by atoms with Crippen molar-refractivity contribution in [2.75, 3.05) is 18.4 Å². The van der Waals surface area contributed by atoms with Gasteiger partial charge in [-0.2, -0.15) is 5.10 Å². The molecule has 0 spiro atoms. The first-order valence-electron chi connectivity index (χ1n) is 13.1. The first-order valence-corrected chi connectivity index (χ1v) is 13.1. The second kappa shape index (κ2) is 10.5. The van der Waals surface area contributed by atoms with Crippen LogP contribution in [0.15, 0.2) is 85.2 Å². The number of fused-ring (bicyclic) bond motifs is 1. The van der Waals surface area contributed by atoms with Crippen LogP contribution in [-0.2, 0) is 11.3 Å². The Morgan fingerprint density at radius 3 is 2.51 bits per heavy atom. The maximum Gasteiger partial charge on any atom is 0.254 e. The zero-order chi connectivity index (χ0) is 26.8. The minimum absolute atomic E-state index is 0.0543. The number of carbonyl (C=O) groups is 2. The molecular formula is C30H29N7O2. The van der Waals surface area contributed by atoms with E-state index in [-0.39, 0.29) is 24.4 Å². The van der Waals surface area contributed by atoms with Gasteiger partial charge in [0.15, 0.2) is 0 Å². The summed E-state index contributed by atoms with van der Waals surface area (Å²) in [5, 5.41) is 15.6.